The molecule has 4 nitrogen and oxygen atoms in total. The Balaban J connectivity index is 1.55. The number of fused-ring (bicyclic) bond motifs is 1. The van der Waals surface area contributed by atoms with Gasteiger partial charge in [0.1, 0.15) is 11.9 Å². The highest BCUT2D eigenvalue weighted by Crippen LogP contribution is 2.32. The normalized spacial score (nSPS) is 25.3. The van der Waals surface area contributed by atoms with Crippen molar-refractivity contribution in [3.63, 3.8) is 0 Å². The van der Waals surface area contributed by atoms with Gasteiger partial charge in [0, 0.05) is 24.5 Å². The van der Waals surface area contributed by atoms with E-state index in [1.54, 1.807) is 0 Å². The molecule has 0 amide bonds. The van der Waals surface area contributed by atoms with Crippen LogP contribution < -0.4 is 4.74 Å². The zero-order valence-electron chi connectivity index (χ0n) is 11.5. The molecule has 1 saturated heterocycles. The van der Waals surface area contributed by atoms with Crippen LogP contribution in [0, 0.1) is 5.92 Å². The molecule has 1 aromatic carbocycles. The highest BCUT2D eigenvalue weighted by molar-refractivity contribution is 6.30. The molecule has 5 heteroatoms. The van der Waals surface area contributed by atoms with Gasteiger partial charge in [-0.05, 0) is 36.7 Å². The lowest BCUT2D eigenvalue weighted by atomic mass is 10.1. The van der Waals surface area contributed by atoms with Crippen molar-refractivity contribution in [2.45, 2.75) is 18.9 Å². The third-order valence-electron chi connectivity index (χ3n) is 4.03. The largest absolute Gasteiger partial charge is 0.488 e. The number of methoxy groups -OCH3 is 1. The van der Waals surface area contributed by atoms with Crippen LogP contribution >= 0.6 is 11.6 Å². The summed E-state index contributed by atoms with van der Waals surface area (Å²) < 4.78 is 10.7. The second kappa shape index (κ2) is 5.62. The standard InChI is InChI=1S/C15H18ClNO3/c1-19-15(18)10-4-5-17(8-10)9-13-7-11-6-12(16)2-3-14(11)20-13/h2-3,6,10,13H,4-5,7-9H2,1H3. The van der Waals surface area contributed by atoms with Gasteiger partial charge in [-0.3, -0.25) is 9.69 Å². The van der Waals surface area contributed by atoms with Crippen LogP contribution in [0.5, 0.6) is 5.75 Å². The maximum Gasteiger partial charge on any atom is 0.310 e. The first-order chi connectivity index (χ1) is 9.65. The van der Waals surface area contributed by atoms with Crippen LogP contribution in [-0.2, 0) is 16.0 Å². The van der Waals surface area contributed by atoms with Gasteiger partial charge in [0.05, 0.1) is 13.0 Å². The molecule has 0 saturated carbocycles. The van der Waals surface area contributed by atoms with E-state index < -0.39 is 0 Å². The number of halogens is 1. The SMILES string of the molecule is COC(=O)C1CCN(CC2Cc3cc(Cl)ccc3O2)C1. The van der Waals surface area contributed by atoms with E-state index in [1.807, 2.05) is 18.2 Å². The zero-order chi connectivity index (χ0) is 14.1. The number of hydrogen-bond donors (Lipinski definition) is 0. The minimum Gasteiger partial charge on any atom is -0.488 e. The number of hydrogen-bond acceptors (Lipinski definition) is 4. The summed E-state index contributed by atoms with van der Waals surface area (Å²) in [5.74, 6) is 0.844. The summed E-state index contributed by atoms with van der Waals surface area (Å²) in [6, 6.07) is 5.75. The fraction of sp³-hybridized carbons (Fsp3) is 0.533. The number of ether oxygens (including phenoxy) is 2. The van der Waals surface area contributed by atoms with E-state index in [1.165, 1.54) is 12.7 Å². The van der Waals surface area contributed by atoms with Gasteiger partial charge in [-0.2, -0.15) is 0 Å². The van der Waals surface area contributed by atoms with Crippen LogP contribution in [-0.4, -0.2) is 43.7 Å². The smallest absolute Gasteiger partial charge is 0.310 e. The minimum atomic E-state index is -0.102. The molecule has 108 valence electrons. The molecular formula is C15H18ClNO3. The van der Waals surface area contributed by atoms with Gasteiger partial charge in [0.25, 0.3) is 0 Å². The van der Waals surface area contributed by atoms with Crippen molar-refractivity contribution in [2.24, 2.45) is 5.92 Å². The molecule has 2 unspecified atom stereocenters. The second-order valence-electron chi connectivity index (χ2n) is 5.46. The number of rotatable bonds is 3. The summed E-state index contributed by atoms with van der Waals surface area (Å²) in [7, 11) is 1.45. The molecule has 2 atom stereocenters. The lowest BCUT2D eigenvalue weighted by Crippen LogP contribution is -2.34. The third kappa shape index (κ3) is 2.76. The van der Waals surface area contributed by atoms with Gasteiger partial charge < -0.3 is 9.47 Å². The van der Waals surface area contributed by atoms with Crippen LogP contribution in [0.4, 0.5) is 0 Å². The van der Waals surface area contributed by atoms with Crippen LogP contribution in [0.1, 0.15) is 12.0 Å². The fourth-order valence-electron chi connectivity index (χ4n) is 3.04. The van der Waals surface area contributed by atoms with E-state index in [0.717, 1.165) is 43.2 Å². The van der Waals surface area contributed by atoms with Gasteiger partial charge in [-0.25, -0.2) is 0 Å². The molecule has 3 rings (SSSR count). The molecule has 2 aliphatic heterocycles. The number of likely N-dealkylation sites (tertiary alicyclic amines) is 1. The van der Waals surface area contributed by atoms with Gasteiger partial charge in [0.2, 0.25) is 0 Å². The monoisotopic (exact) mass is 295 g/mol. The Hall–Kier alpha value is -1.26. The van der Waals surface area contributed by atoms with Crippen LogP contribution in [0.15, 0.2) is 18.2 Å². The highest BCUT2D eigenvalue weighted by Gasteiger charge is 2.32. The summed E-state index contributed by atoms with van der Waals surface area (Å²) in [6.45, 7) is 2.54. The van der Waals surface area contributed by atoms with Crippen molar-refractivity contribution in [2.75, 3.05) is 26.7 Å². The van der Waals surface area contributed by atoms with E-state index in [9.17, 15) is 4.79 Å². The minimum absolute atomic E-state index is 0.0122. The number of carbonyl (C=O) groups excluding carboxylic acids is 1. The lowest BCUT2D eigenvalue weighted by Gasteiger charge is -2.19. The summed E-state index contributed by atoms with van der Waals surface area (Å²) in [4.78, 5) is 13.8. The van der Waals surface area contributed by atoms with Gasteiger partial charge in [-0.1, -0.05) is 11.6 Å². The molecule has 0 aliphatic carbocycles. The Kier molecular flexibility index (Phi) is 3.85. The van der Waals surface area contributed by atoms with E-state index in [-0.39, 0.29) is 18.0 Å². The maximum absolute atomic E-state index is 11.5. The van der Waals surface area contributed by atoms with Crippen molar-refractivity contribution in [3.05, 3.63) is 28.8 Å². The van der Waals surface area contributed by atoms with Crippen molar-refractivity contribution in [1.29, 1.82) is 0 Å². The first-order valence-electron chi connectivity index (χ1n) is 6.91. The van der Waals surface area contributed by atoms with E-state index >= 15 is 0 Å². The molecule has 0 N–H and O–H groups in total. The Labute approximate surface area is 123 Å². The number of benzene rings is 1. The molecule has 1 aromatic rings. The molecule has 0 spiro atoms. The molecule has 20 heavy (non-hydrogen) atoms. The summed E-state index contributed by atoms with van der Waals surface area (Å²) in [6.07, 6.45) is 1.91. The molecular weight excluding hydrogens is 278 g/mol. The topological polar surface area (TPSA) is 38.8 Å². The quantitative estimate of drug-likeness (QED) is 0.801. The molecule has 2 heterocycles. The average Bonchev–Trinajstić information content (AvgIpc) is 3.04. The van der Waals surface area contributed by atoms with Gasteiger partial charge in [-0.15, -0.1) is 0 Å². The van der Waals surface area contributed by atoms with E-state index in [4.69, 9.17) is 21.1 Å². The van der Waals surface area contributed by atoms with E-state index in [0.29, 0.717) is 0 Å². The highest BCUT2D eigenvalue weighted by atomic mass is 35.5. The molecule has 0 radical (unpaired) electrons. The zero-order valence-corrected chi connectivity index (χ0v) is 12.2. The van der Waals surface area contributed by atoms with E-state index in [2.05, 4.69) is 4.90 Å². The first-order valence-corrected chi connectivity index (χ1v) is 7.29. The Morgan fingerprint density at radius 1 is 1.55 bits per heavy atom. The van der Waals surface area contributed by atoms with Crippen molar-refractivity contribution in [3.8, 4) is 5.75 Å². The van der Waals surface area contributed by atoms with Crippen molar-refractivity contribution >= 4 is 17.6 Å². The summed E-state index contributed by atoms with van der Waals surface area (Å²) in [5.41, 5.74) is 1.17. The fourth-order valence-corrected chi connectivity index (χ4v) is 3.23. The molecule has 2 aliphatic rings. The Bertz CT molecular complexity index is 520. The second-order valence-corrected chi connectivity index (χ2v) is 5.90. The predicted octanol–water partition coefficient (Wildman–Crippen LogP) is 2.14. The molecule has 1 fully saturated rings. The van der Waals surface area contributed by atoms with Crippen LogP contribution in [0.3, 0.4) is 0 Å². The molecule has 0 aromatic heterocycles. The van der Waals surface area contributed by atoms with Crippen LogP contribution in [0.2, 0.25) is 5.02 Å². The Morgan fingerprint density at radius 3 is 3.20 bits per heavy atom. The van der Waals surface area contributed by atoms with Crippen LogP contribution in [0.25, 0.3) is 0 Å². The van der Waals surface area contributed by atoms with Gasteiger partial charge in [0.15, 0.2) is 0 Å². The predicted molar refractivity (Wildman–Crippen MR) is 76.1 cm³/mol. The summed E-state index contributed by atoms with van der Waals surface area (Å²) in [5, 5.41) is 0.750. The van der Waals surface area contributed by atoms with Crippen molar-refractivity contribution < 1.29 is 14.3 Å². The van der Waals surface area contributed by atoms with Crippen molar-refractivity contribution in [1.82, 2.24) is 4.90 Å². The third-order valence-corrected chi connectivity index (χ3v) is 4.27. The summed E-state index contributed by atoms with van der Waals surface area (Å²) >= 11 is 5.99. The number of esters is 1. The number of carbonyl (C=O) groups is 1. The molecule has 0 bridgehead atoms. The Morgan fingerprint density at radius 2 is 2.40 bits per heavy atom. The first kappa shape index (κ1) is 13.7. The van der Waals surface area contributed by atoms with Gasteiger partial charge >= 0.3 is 5.97 Å². The average molecular weight is 296 g/mol. The maximum atomic E-state index is 11.5. The number of nitrogens with zero attached hydrogens (tertiary/aromatic N) is 1. The lowest BCUT2D eigenvalue weighted by molar-refractivity contribution is -0.144.